The summed E-state index contributed by atoms with van der Waals surface area (Å²) in [6.07, 6.45) is 1.68. The molecule has 1 aromatic carbocycles. The Morgan fingerprint density at radius 2 is 1.83 bits per heavy atom. The molecule has 2 heterocycles. The highest BCUT2D eigenvalue weighted by atomic mass is 16.1. The maximum Gasteiger partial charge on any atom is 0.255 e. The molecule has 0 aliphatic carbocycles. The van der Waals surface area contributed by atoms with Crippen molar-refractivity contribution in [3.8, 4) is 6.07 Å². The average Bonchev–Trinajstić information content (AvgIpc) is 2.63. The number of anilines is 2. The molecule has 24 heavy (non-hydrogen) atoms. The first kappa shape index (κ1) is 16.0. The van der Waals surface area contributed by atoms with Crippen LogP contribution in [0.1, 0.15) is 15.9 Å². The average molecular weight is 321 g/mol. The van der Waals surface area contributed by atoms with E-state index in [1.54, 1.807) is 30.5 Å². The van der Waals surface area contributed by atoms with Gasteiger partial charge in [-0.05, 0) is 43.4 Å². The van der Waals surface area contributed by atoms with E-state index in [1.165, 1.54) is 0 Å². The number of rotatable bonds is 3. The molecule has 0 bridgehead atoms. The van der Waals surface area contributed by atoms with Crippen molar-refractivity contribution in [3.63, 3.8) is 0 Å². The Labute approximate surface area is 141 Å². The highest BCUT2D eigenvalue weighted by Crippen LogP contribution is 2.16. The molecule has 1 amide bonds. The number of carbonyl (C=O) groups excluding carboxylic acids is 1. The zero-order valence-electron chi connectivity index (χ0n) is 13.6. The number of hydrogen-bond donors (Lipinski definition) is 1. The standard InChI is InChI=1S/C18H19N5O/c1-22-8-10-23(11-9-22)17-7-6-16(13-20-17)21-18(24)15-4-2-14(12-19)3-5-15/h2-7,13H,8-11H2,1H3,(H,21,24). The SMILES string of the molecule is CN1CCN(c2ccc(NC(=O)c3ccc(C#N)cc3)cn2)CC1. The van der Waals surface area contributed by atoms with Crippen LogP contribution in [0.15, 0.2) is 42.6 Å². The van der Waals surface area contributed by atoms with E-state index in [0.717, 1.165) is 32.0 Å². The number of aromatic nitrogens is 1. The van der Waals surface area contributed by atoms with Gasteiger partial charge in [0.25, 0.3) is 5.91 Å². The molecule has 1 aromatic heterocycles. The fourth-order valence-corrected chi connectivity index (χ4v) is 2.58. The predicted molar refractivity (Wildman–Crippen MR) is 93.1 cm³/mol. The molecule has 0 radical (unpaired) electrons. The number of piperazine rings is 1. The number of carbonyl (C=O) groups is 1. The number of likely N-dealkylation sites (N-methyl/N-ethyl adjacent to an activating group) is 1. The van der Waals surface area contributed by atoms with E-state index in [0.29, 0.717) is 16.8 Å². The molecule has 6 heteroatoms. The lowest BCUT2D eigenvalue weighted by Gasteiger charge is -2.33. The second-order valence-electron chi connectivity index (χ2n) is 5.84. The minimum absolute atomic E-state index is 0.214. The van der Waals surface area contributed by atoms with Gasteiger partial charge in [-0.25, -0.2) is 4.98 Å². The van der Waals surface area contributed by atoms with Crippen LogP contribution in [0.3, 0.4) is 0 Å². The minimum Gasteiger partial charge on any atom is -0.354 e. The van der Waals surface area contributed by atoms with Crippen LogP contribution >= 0.6 is 0 Å². The first-order valence-electron chi connectivity index (χ1n) is 7.87. The van der Waals surface area contributed by atoms with E-state index < -0.39 is 0 Å². The molecular weight excluding hydrogens is 302 g/mol. The number of nitrogens with one attached hydrogen (secondary N) is 1. The fraction of sp³-hybridized carbons (Fsp3) is 0.278. The lowest BCUT2D eigenvalue weighted by Crippen LogP contribution is -2.44. The van der Waals surface area contributed by atoms with Crippen molar-refractivity contribution in [2.45, 2.75) is 0 Å². The van der Waals surface area contributed by atoms with Crippen LogP contribution in [0.25, 0.3) is 0 Å². The van der Waals surface area contributed by atoms with Crippen molar-refractivity contribution in [3.05, 3.63) is 53.7 Å². The van der Waals surface area contributed by atoms with Gasteiger partial charge < -0.3 is 15.1 Å². The van der Waals surface area contributed by atoms with Gasteiger partial charge in [-0.15, -0.1) is 0 Å². The number of benzene rings is 1. The lowest BCUT2D eigenvalue weighted by molar-refractivity contribution is 0.102. The number of pyridine rings is 1. The van der Waals surface area contributed by atoms with E-state index >= 15 is 0 Å². The lowest BCUT2D eigenvalue weighted by atomic mass is 10.1. The third kappa shape index (κ3) is 3.70. The van der Waals surface area contributed by atoms with E-state index in [2.05, 4.69) is 27.1 Å². The first-order valence-corrected chi connectivity index (χ1v) is 7.87. The van der Waals surface area contributed by atoms with Gasteiger partial charge in [-0.2, -0.15) is 5.26 Å². The predicted octanol–water partition coefficient (Wildman–Crippen LogP) is 1.96. The molecule has 0 spiro atoms. The Morgan fingerprint density at radius 3 is 2.42 bits per heavy atom. The topological polar surface area (TPSA) is 72.3 Å². The monoisotopic (exact) mass is 321 g/mol. The number of nitriles is 1. The van der Waals surface area contributed by atoms with Crippen LogP contribution in [0, 0.1) is 11.3 Å². The van der Waals surface area contributed by atoms with Gasteiger partial charge in [0.1, 0.15) is 5.82 Å². The quantitative estimate of drug-likeness (QED) is 0.935. The molecule has 1 aliphatic heterocycles. The highest BCUT2D eigenvalue weighted by molar-refractivity contribution is 6.04. The van der Waals surface area contributed by atoms with Gasteiger partial charge in [0.15, 0.2) is 0 Å². The number of amides is 1. The molecule has 1 N–H and O–H groups in total. The summed E-state index contributed by atoms with van der Waals surface area (Å²) in [7, 11) is 2.12. The summed E-state index contributed by atoms with van der Waals surface area (Å²) in [5.41, 5.74) is 1.70. The first-order chi connectivity index (χ1) is 11.7. The van der Waals surface area contributed by atoms with Gasteiger partial charge in [-0.3, -0.25) is 4.79 Å². The molecular formula is C18H19N5O. The summed E-state index contributed by atoms with van der Waals surface area (Å²) < 4.78 is 0. The maximum absolute atomic E-state index is 12.2. The van der Waals surface area contributed by atoms with Crippen LogP contribution < -0.4 is 10.2 Å². The number of hydrogen-bond acceptors (Lipinski definition) is 5. The zero-order chi connectivity index (χ0) is 16.9. The summed E-state index contributed by atoms with van der Waals surface area (Å²) >= 11 is 0. The highest BCUT2D eigenvalue weighted by Gasteiger charge is 2.15. The van der Waals surface area contributed by atoms with Crippen molar-refractivity contribution in [2.24, 2.45) is 0 Å². The van der Waals surface area contributed by atoms with Crippen LogP contribution in [0.5, 0.6) is 0 Å². The van der Waals surface area contributed by atoms with Crippen molar-refractivity contribution >= 4 is 17.4 Å². The van der Waals surface area contributed by atoms with Crippen LogP contribution in [-0.4, -0.2) is 49.0 Å². The minimum atomic E-state index is -0.214. The van der Waals surface area contributed by atoms with Crippen molar-refractivity contribution < 1.29 is 4.79 Å². The maximum atomic E-state index is 12.2. The molecule has 1 fully saturated rings. The van der Waals surface area contributed by atoms with Crippen molar-refractivity contribution in [2.75, 3.05) is 43.4 Å². The summed E-state index contributed by atoms with van der Waals surface area (Å²) in [6.45, 7) is 3.97. The fourth-order valence-electron chi connectivity index (χ4n) is 2.58. The smallest absolute Gasteiger partial charge is 0.255 e. The molecule has 6 nitrogen and oxygen atoms in total. The molecule has 0 unspecified atom stereocenters. The molecule has 0 saturated carbocycles. The molecule has 1 saturated heterocycles. The molecule has 1 aliphatic rings. The molecule has 3 rings (SSSR count). The van der Waals surface area contributed by atoms with Crippen molar-refractivity contribution in [1.29, 1.82) is 5.26 Å². The van der Waals surface area contributed by atoms with E-state index in [1.807, 2.05) is 18.2 Å². The largest absolute Gasteiger partial charge is 0.354 e. The van der Waals surface area contributed by atoms with Crippen LogP contribution in [-0.2, 0) is 0 Å². The van der Waals surface area contributed by atoms with Gasteiger partial charge in [0, 0.05) is 31.7 Å². The molecule has 0 atom stereocenters. The Kier molecular flexibility index (Phi) is 4.73. The Balaban J connectivity index is 1.63. The summed E-state index contributed by atoms with van der Waals surface area (Å²) in [6, 6.07) is 12.4. The van der Waals surface area contributed by atoms with Gasteiger partial charge in [0.05, 0.1) is 23.5 Å². The third-order valence-corrected chi connectivity index (χ3v) is 4.11. The molecule has 122 valence electrons. The van der Waals surface area contributed by atoms with Crippen molar-refractivity contribution in [1.82, 2.24) is 9.88 Å². The van der Waals surface area contributed by atoms with Gasteiger partial charge in [-0.1, -0.05) is 0 Å². The van der Waals surface area contributed by atoms with Gasteiger partial charge >= 0.3 is 0 Å². The normalized spacial score (nSPS) is 14.9. The summed E-state index contributed by atoms with van der Waals surface area (Å²) in [5.74, 6) is 0.716. The van der Waals surface area contributed by atoms with E-state index in [4.69, 9.17) is 5.26 Å². The summed E-state index contributed by atoms with van der Waals surface area (Å²) in [5, 5.41) is 11.6. The van der Waals surface area contributed by atoms with Crippen LogP contribution in [0.4, 0.5) is 11.5 Å². The number of nitrogens with zero attached hydrogens (tertiary/aromatic N) is 4. The Hall–Kier alpha value is -2.91. The molecule has 2 aromatic rings. The Bertz CT molecular complexity index is 740. The summed E-state index contributed by atoms with van der Waals surface area (Å²) in [4.78, 5) is 21.2. The van der Waals surface area contributed by atoms with E-state index in [9.17, 15) is 4.79 Å². The zero-order valence-corrected chi connectivity index (χ0v) is 13.6. The second kappa shape index (κ2) is 7.11. The third-order valence-electron chi connectivity index (χ3n) is 4.11. The second-order valence-corrected chi connectivity index (χ2v) is 5.84. The van der Waals surface area contributed by atoms with Crippen LogP contribution in [0.2, 0.25) is 0 Å². The van der Waals surface area contributed by atoms with Gasteiger partial charge in [0.2, 0.25) is 0 Å². The Morgan fingerprint density at radius 1 is 1.12 bits per heavy atom. The van der Waals surface area contributed by atoms with E-state index in [-0.39, 0.29) is 5.91 Å².